The predicted octanol–water partition coefficient (Wildman–Crippen LogP) is 1.74. The number of aromatic nitrogens is 1. The highest BCUT2D eigenvalue weighted by Crippen LogP contribution is 2.38. The van der Waals surface area contributed by atoms with Crippen molar-refractivity contribution >= 4 is 33.4 Å². The van der Waals surface area contributed by atoms with Crippen LogP contribution in [-0.4, -0.2) is 76.9 Å². The molecule has 0 aliphatic carbocycles. The molecule has 2 heterocycles. The standard InChI is InChI=1S/C23H31N5O6S/c1-16-15-27(22(29)34-19-5-4-8-25-14-19)21-11-17(6-7-20(21)28(16)23(30)33-2)18(12-24)13-26-9-10-35(3,31)32/h4-8,11,14,16,18,26H,9-10,12-13,15,24H2,1-3H3/t16-,18?/m0/s1. The number of hydrogen-bond donors (Lipinski definition) is 2. The molecule has 1 aromatic carbocycles. The molecule has 2 atom stereocenters. The van der Waals surface area contributed by atoms with Gasteiger partial charge in [-0.25, -0.2) is 18.0 Å². The molecular formula is C23H31N5O6S. The van der Waals surface area contributed by atoms with Gasteiger partial charge in [-0.3, -0.25) is 14.8 Å². The highest BCUT2D eigenvalue weighted by atomic mass is 32.2. The van der Waals surface area contributed by atoms with Crippen LogP contribution in [-0.2, 0) is 14.6 Å². The van der Waals surface area contributed by atoms with Gasteiger partial charge in [-0.2, -0.15) is 0 Å². The van der Waals surface area contributed by atoms with Crippen LogP contribution in [0.15, 0.2) is 42.7 Å². The van der Waals surface area contributed by atoms with E-state index in [4.69, 9.17) is 15.2 Å². The van der Waals surface area contributed by atoms with E-state index in [1.807, 2.05) is 13.0 Å². The van der Waals surface area contributed by atoms with Gasteiger partial charge in [-0.15, -0.1) is 0 Å². The number of nitrogens with zero attached hydrogens (tertiary/aromatic N) is 3. The lowest BCUT2D eigenvalue weighted by molar-refractivity contribution is 0.175. The second-order valence-electron chi connectivity index (χ2n) is 8.37. The van der Waals surface area contributed by atoms with Gasteiger partial charge in [-0.1, -0.05) is 6.07 Å². The van der Waals surface area contributed by atoms with Crippen LogP contribution in [0.1, 0.15) is 18.4 Å². The van der Waals surface area contributed by atoms with E-state index in [1.54, 1.807) is 30.5 Å². The molecule has 0 fully saturated rings. The van der Waals surface area contributed by atoms with E-state index in [2.05, 4.69) is 10.3 Å². The molecule has 0 saturated heterocycles. The van der Waals surface area contributed by atoms with Crippen LogP contribution in [0.3, 0.4) is 0 Å². The number of nitrogens with one attached hydrogen (secondary N) is 1. The van der Waals surface area contributed by atoms with Crippen molar-refractivity contribution < 1.29 is 27.5 Å². The summed E-state index contributed by atoms with van der Waals surface area (Å²) in [7, 11) is -1.77. The molecule has 190 valence electrons. The van der Waals surface area contributed by atoms with Crippen LogP contribution in [0.2, 0.25) is 0 Å². The van der Waals surface area contributed by atoms with Gasteiger partial charge in [0.2, 0.25) is 0 Å². The third kappa shape index (κ3) is 6.68. The Morgan fingerprint density at radius 3 is 2.66 bits per heavy atom. The molecule has 12 heteroatoms. The lowest BCUT2D eigenvalue weighted by Crippen LogP contribution is -2.52. The lowest BCUT2D eigenvalue weighted by atomic mass is 9.96. The highest BCUT2D eigenvalue weighted by Gasteiger charge is 2.37. The first kappa shape index (κ1) is 26.4. The average Bonchev–Trinajstić information content (AvgIpc) is 2.83. The number of methoxy groups -OCH3 is 1. The van der Waals surface area contributed by atoms with Gasteiger partial charge in [0.1, 0.15) is 9.84 Å². The van der Waals surface area contributed by atoms with Crippen molar-refractivity contribution in [2.24, 2.45) is 5.73 Å². The largest absolute Gasteiger partial charge is 0.452 e. The summed E-state index contributed by atoms with van der Waals surface area (Å²) in [6.07, 6.45) is 3.06. The maximum absolute atomic E-state index is 13.1. The fourth-order valence-corrected chi connectivity index (χ4v) is 4.40. The number of anilines is 2. The summed E-state index contributed by atoms with van der Waals surface area (Å²) in [6, 6.07) is 8.31. The number of pyridine rings is 1. The summed E-state index contributed by atoms with van der Waals surface area (Å²) in [4.78, 5) is 32.6. The van der Waals surface area contributed by atoms with Crippen molar-refractivity contribution in [3.05, 3.63) is 48.3 Å². The summed E-state index contributed by atoms with van der Waals surface area (Å²) in [5.41, 5.74) is 7.82. The Morgan fingerprint density at radius 1 is 1.26 bits per heavy atom. The molecule has 1 aliphatic heterocycles. The molecular weight excluding hydrogens is 474 g/mol. The molecule has 3 N–H and O–H groups in total. The summed E-state index contributed by atoms with van der Waals surface area (Å²) in [5, 5.41) is 3.13. The van der Waals surface area contributed by atoms with E-state index < -0.39 is 22.0 Å². The van der Waals surface area contributed by atoms with Crippen molar-refractivity contribution in [2.45, 2.75) is 18.9 Å². The average molecular weight is 506 g/mol. The fraction of sp³-hybridized carbons (Fsp3) is 0.435. The molecule has 2 aromatic rings. The van der Waals surface area contributed by atoms with E-state index in [0.717, 1.165) is 5.56 Å². The Morgan fingerprint density at radius 2 is 2.03 bits per heavy atom. The summed E-state index contributed by atoms with van der Waals surface area (Å²) >= 11 is 0. The third-order valence-corrected chi connectivity index (χ3v) is 6.61. The fourth-order valence-electron chi connectivity index (χ4n) is 3.88. The van der Waals surface area contributed by atoms with Gasteiger partial charge in [0, 0.05) is 38.0 Å². The van der Waals surface area contributed by atoms with Gasteiger partial charge >= 0.3 is 12.2 Å². The van der Waals surface area contributed by atoms with Gasteiger partial charge in [0.05, 0.1) is 43.0 Å². The van der Waals surface area contributed by atoms with Crippen molar-refractivity contribution in [1.82, 2.24) is 10.3 Å². The maximum atomic E-state index is 13.1. The molecule has 0 saturated carbocycles. The highest BCUT2D eigenvalue weighted by molar-refractivity contribution is 7.90. The Hall–Kier alpha value is -3.22. The lowest BCUT2D eigenvalue weighted by Gasteiger charge is -2.40. The van der Waals surface area contributed by atoms with Crippen molar-refractivity contribution in [3.8, 4) is 5.75 Å². The van der Waals surface area contributed by atoms with Crippen LogP contribution in [0.4, 0.5) is 21.0 Å². The number of carbonyl (C=O) groups excluding carboxylic acids is 2. The molecule has 35 heavy (non-hydrogen) atoms. The quantitative estimate of drug-likeness (QED) is 0.513. The normalized spacial score (nSPS) is 16.4. The molecule has 2 amide bonds. The molecule has 1 aliphatic rings. The molecule has 3 rings (SSSR count). The minimum absolute atomic E-state index is 0.0222. The van der Waals surface area contributed by atoms with E-state index in [9.17, 15) is 18.0 Å². The zero-order chi connectivity index (χ0) is 25.6. The van der Waals surface area contributed by atoms with Gasteiger partial charge in [0.25, 0.3) is 0 Å². The number of carbonyl (C=O) groups is 2. The van der Waals surface area contributed by atoms with Gasteiger partial charge < -0.3 is 20.5 Å². The number of fused-ring (bicyclic) bond motifs is 1. The van der Waals surface area contributed by atoms with Crippen LogP contribution < -0.4 is 25.6 Å². The number of sulfone groups is 1. The number of amides is 2. The van der Waals surface area contributed by atoms with Crippen molar-refractivity contribution in [1.29, 1.82) is 0 Å². The zero-order valence-electron chi connectivity index (χ0n) is 20.0. The minimum atomic E-state index is -3.08. The Kier molecular flexibility index (Phi) is 8.65. The van der Waals surface area contributed by atoms with Crippen LogP contribution in [0, 0.1) is 0 Å². The summed E-state index contributed by atoms with van der Waals surface area (Å²) in [6.45, 7) is 3.04. The van der Waals surface area contributed by atoms with Crippen molar-refractivity contribution in [3.63, 3.8) is 0 Å². The van der Waals surface area contributed by atoms with E-state index in [-0.39, 0.29) is 24.3 Å². The van der Waals surface area contributed by atoms with Crippen LogP contribution in [0.5, 0.6) is 5.75 Å². The van der Waals surface area contributed by atoms with Crippen molar-refractivity contribution in [2.75, 3.05) is 55.1 Å². The van der Waals surface area contributed by atoms with Crippen LogP contribution >= 0.6 is 0 Å². The smallest absolute Gasteiger partial charge is 0.419 e. The Bertz CT molecular complexity index is 1140. The number of benzene rings is 1. The monoisotopic (exact) mass is 505 g/mol. The first-order valence-corrected chi connectivity index (χ1v) is 13.2. The van der Waals surface area contributed by atoms with E-state index >= 15 is 0 Å². The van der Waals surface area contributed by atoms with E-state index in [0.29, 0.717) is 36.8 Å². The molecule has 11 nitrogen and oxygen atoms in total. The molecule has 0 radical (unpaired) electrons. The topological polar surface area (TPSA) is 144 Å². The first-order chi connectivity index (χ1) is 16.6. The molecule has 0 bridgehead atoms. The first-order valence-electron chi connectivity index (χ1n) is 11.1. The van der Waals surface area contributed by atoms with Crippen LogP contribution in [0.25, 0.3) is 0 Å². The third-order valence-electron chi connectivity index (χ3n) is 5.66. The molecule has 1 aromatic heterocycles. The predicted molar refractivity (Wildman–Crippen MR) is 133 cm³/mol. The minimum Gasteiger partial charge on any atom is -0.452 e. The number of ether oxygens (including phenoxy) is 2. The Balaban J connectivity index is 1.91. The van der Waals surface area contributed by atoms with E-state index in [1.165, 1.54) is 29.4 Å². The Labute approximate surface area is 205 Å². The summed E-state index contributed by atoms with van der Waals surface area (Å²) in [5.74, 6) is 0.171. The number of rotatable bonds is 8. The number of hydrogen-bond acceptors (Lipinski definition) is 9. The second kappa shape index (κ2) is 11.5. The zero-order valence-corrected chi connectivity index (χ0v) is 20.8. The molecule has 1 unspecified atom stereocenters. The molecule has 0 spiro atoms. The SMILES string of the molecule is COC(=O)N1c2ccc(C(CN)CNCCS(C)(=O)=O)cc2N(C(=O)Oc2cccnc2)C[C@@H]1C. The second-order valence-corrected chi connectivity index (χ2v) is 10.6. The summed E-state index contributed by atoms with van der Waals surface area (Å²) < 4.78 is 33.2. The van der Waals surface area contributed by atoms with Gasteiger partial charge in [-0.05, 0) is 36.8 Å². The maximum Gasteiger partial charge on any atom is 0.419 e. The van der Waals surface area contributed by atoms with Gasteiger partial charge in [0.15, 0.2) is 5.75 Å². The number of nitrogens with two attached hydrogens (primary N) is 1.